The highest BCUT2D eigenvalue weighted by Gasteiger charge is 2.28. The smallest absolute Gasteiger partial charge is 0.338 e. The predicted octanol–water partition coefficient (Wildman–Crippen LogP) is 4.79. The lowest BCUT2D eigenvalue weighted by molar-refractivity contribution is -0.384. The molecule has 9 nitrogen and oxygen atoms in total. The van der Waals surface area contributed by atoms with Gasteiger partial charge in [0.15, 0.2) is 11.7 Å². The molecular formula is C24H26N4O5S. The maximum atomic E-state index is 12.5. The SMILES string of the molecule is Cc1ccc2nc(NC(=O)COC(=O)c3ccc(N4CC(C)CC(C)C4)c([N+](=O)[O-])c3)sc2c1. The predicted molar refractivity (Wildman–Crippen MR) is 132 cm³/mol. The molecule has 1 saturated heterocycles. The Hall–Kier alpha value is -3.53. The summed E-state index contributed by atoms with van der Waals surface area (Å²) in [6.45, 7) is 7.15. The number of piperidine rings is 1. The van der Waals surface area contributed by atoms with Crippen molar-refractivity contribution in [3.05, 3.63) is 57.6 Å². The number of carbonyl (C=O) groups excluding carboxylic acids is 2. The average molecular weight is 483 g/mol. The molecule has 2 atom stereocenters. The number of carbonyl (C=O) groups is 2. The highest BCUT2D eigenvalue weighted by Crippen LogP contribution is 2.34. The Kier molecular flexibility index (Phi) is 6.78. The molecule has 0 aliphatic carbocycles. The monoisotopic (exact) mass is 482 g/mol. The highest BCUT2D eigenvalue weighted by molar-refractivity contribution is 7.22. The van der Waals surface area contributed by atoms with E-state index in [2.05, 4.69) is 24.1 Å². The fourth-order valence-corrected chi connectivity index (χ4v) is 5.36. The summed E-state index contributed by atoms with van der Waals surface area (Å²) < 4.78 is 6.04. The molecule has 1 amide bonds. The number of aromatic nitrogens is 1. The van der Waals surface area contributed by atoms with Gasteiger partial charge in [0.25, 0.3) is 11.6 Å². The van der Waals surface area contributed by atoms with Gasteiger partial charge in [-0.1, -0.05) is 31.3 Å². The molecule has 34 heavy (non-hydrogen) atoms. The van der Waals surface area contributed by atoms with Crippen molar-refractivity contribution < 1.29 is 19.2 Å². The van der Waals surface area contributed by atoms with Crippen molar-refractivity contribution in [2.24, 2.45) is 11.8 Å². The van der Waals surface area contributed by atoms with E-state index in [1.165, 1.54) is 23.5 Å². The lowest BCUT2D eigenvalue weighted by Gasteiger charge is -2.36. The van der Waals surface area contributed by atoms with E-state index in [1.807, 2.05) is 30.0 Å². The zero-order valence-corrected chi connectivity index (χ0v) is 20.1. The van der Waals surface area contributed by atoms with Crippen LogP contribution in [0.1, 0.15) is 36.2 Å². The van der Waals surface area contributed by atoms with Gasteiger partial charge in [0.2, 0.25) is 0 Å². The van der Waals surface area contributed by atoms with Gasteiger partial charge < -0.3 is 9.64 Å². The summed E-state index contributed by atoms with van der Waals surface area (Å²) in [7, 11) is 0. The van der Waals surface area contributed by atoms with Crippen LogP contribution in [0.4, 0.5) is 16.5 Å². The van der Waals surface area contributed by atoms with Gasteiger partial charge in [0.1, 0.15) is 5.69 Å². The van der Waals surface area contributed by atoms with Gasteiger partial charge in [-0.2, -0.15) is 0 Å². The molecular weight excluding hydrogens is 456 g/mol. The van der Waals surface area contributed by atoms with E-state index in [0.717, 1.165) is 35.3 Å². The fraction of sp³-hybridized carbons (Fsp3) is 0.375. The van der Waals surface area contributed by atoms with E-state index in [9.17, 15) is 19.7 Å². The van der Waals surface area contributed by atoms with Crippen LogP contribution in [0.25, 0.3) is 10.2 Å². The molecule has 1 aliphatic heterocycles. The molecule has 1 aromatic heterocycles. The maximum absolute atomic E-state index is 12.5. The molecule has 3 aromatic rings. The van der Waals surface area contributed by atoms with Crippen LogP contribution in [0.3, 0.4) is 0 Å². The number of nitro groups is 1. The first-order chi connectivity index (χ1) is 16.2. The van der Waals surface area contributed by atoms with Crippen molar-refractivity contribution in [2.75, 3.05) is 29.9 Å². The summed E-state index contributed by atoms with van der Waals surface area (Å²) >= 11 is 1.33. The molecule has 178 valence electrons. The molecule has 0 spiro atoms. The Morgan fingerprint density at radius 1 is 1.21 bits per heavy atom. The van der Waals surface area contributed by atoms with E-state index in [4.69, 9.17) is 4.74 Å². The van der Waals surface area contributed by atoms with E-state index >= 15 is 0 Å². The Balaban J connectivity index is 1.41. The summed E-state index contributed by atoms with van der Waals surface area (Å²) in [5.74, 6) is -0.492. The minimum atomic E-state index is -0.801. The third-order valence-corrected chi connectivity index (χ3v) is 6.68. The Labute approximate surface area is 200 Å². The second kappa shape index (κ2) is 9.76. The minimum absolute atomic E-state index is 0.0248. The van der Waals surface area contributed by atoms with Crippen molar-refractivity contribution in [1.29, 1.82) is 0 Å². The number of fused-ring (bicyclic) bond motifs is 1. The molecule has 2 heterocycles. The molecule has 1 fully saturated rings. The van der Waals surface area contributed by atoms with Gasteiger partial charge in [-0.25, -0.2) is 9.78 Å². The van der Waals surface area contributed by atoms with Crippen LogP contribution in [0.15, 0.2) is 36.4 Å². The second-order valence-electron chi connectivity index (χ2n) is 8.93. The first-order valence-corrected chi connectivity index (χ1v) is 11.9. The molecule has 2 unspecified atom stereocenters. The Morgan fingerprint density at radius 2 is 1.94 bits per heavy atom. The van der Waals surface area contributed by atoms with Crippen LogP contribution in [0, 0.1) is 28.9 Å². The highest BCUT2D eigenvalue weighted by atomic mass is 32.1. The summed E-state index contributed by atoms with van der Waals surface area (Å²) in [6, 6.07) is 10.1. The van der Waals surface area contributed by atoms with Crippen molar-refractivity contribution >= 4 is 49.9 Å². The number of anilines is 2. The number of rotatable bonds is 6. The average Bonchev–Trinajstić information content (AvgIpc) is 3.17. The minimum Gasteiger partial charge on any atom is -0.452 e. The number of nitrogens with zero attached hydrogens (tertiary/aromatic N) is 3. The van der Waals surface area contributed by atoms with Crippen molar-refractivity contribution in [1.82, 2.24) is 4.98 Å². The summed E-state index contributed by atoms with van der Waals surface area (Å²) in [5.41, 5.74) is 2.23. The Bertz CT molecular complexity index is 1250. The zero-order valence-electron chi connectivity index (χ0n) is 19.2. The van der Waals surface area contributed by atoms with E-state index < -0.39 is 23.4 Å². The number of benzene rings is 2. The summed E-state index contributed by atoms with van der Waals surface area (Å²) in [6.07, 6.45) is 1.08. The first-order valence-electron chi connectivity index (χ1n) is 11.1. The third-order valence-electron chi connectivity index (χ3n) is 5.74. The van der Waals surface area contributed by atoms with Crippen LogP contribution in [-0.4, -0.2) is 41.5 Å². The molecule has 4 rings (SSSR count). The van der Waals surface area contributed by atoms with Gasteiger partial charge in [-0.15, -0.1) is 0 Å². The Morgan fingerprint density at radius 3 is 2.65 bits per heavy atom. The van der Waals surface area contributed by atoms with Gasteiger partial charge >= 0.3 is 5.97 Å². The van der Waals surface area contributed by atoms with E-state index in [-0.39, 0.29) is 11.3 Å². The number of esters is 1. The quantitative estimate of drug-likeness (QED) is 0.305. The number of hydrogen-bond donors (Lipinski definition) is 1. The van der Waals surface area contributed by atoms with Gasteiger partial charge in [0.05, 0.1) is 20.7 Å². The standard InChI is InChI=1S/C24H26N4O5S/c1-14-4-6-18-21(9-14)34-24(25-18)26-22(29)13-33-23(30)17-5-7-19(20(10-17)28(31)32)27-11-15(2)8-16(3)12-27/h4-7,9-10,15-16H,8,11-13H2,1-3H3,(H,25,26,29). The van der Waals surface area contributed by atoms with Gasteiger partial charge in [-0.3, -0.25) is 20.2 Å². The maximum Gasteiger partial charge on any atom is 0.338 e. The number of aryl methyl sites for hydroxylation is 1. The molecule has 0 bridgehead atoms. The lowest BCUT2D eigenvalue weighted by atomic mass is 9.91. The van der Waals surface area contributed by atoms with Crippen LogP contribution < -0.4 is 10.2 Å². The number of amides is 1. The lowest BCUT2D eigenvalue weighted by Crippen LogP contribution is -2.39. The summed E-state index contributed by atoms with van der Waals surface area (Å²) in [5, 5.41) is 14.8. The van der Waals surface area contributed by atoms with Crippen molar-refractivity contribution in [3.8, 4) is 0 Å². The number of nitrogens with one attached hydrogen (secondary N) is 1. The topological polar surface area (TPSA) is 115 Å². The van der Waals surface area contributed by atoms with Crippen LogP contribution >= 0.6 is 11.3 Å². The summed E-state index contributed by atoms with van der Waals surface area (Å²) in [4.78, 5) is 42.3. The van der Waals surface area contributed by atoms with Crippen LogP contribution in [0.2, 0.25) is 0 Å². The number of thiazole rings is 1. The number of nitro benzene ring substituents is 1. The van der Waals surface area contributed by atoms with E-state index in [1.54, 1.807) is 6.07 Å². The second-order valence-corrected chi connectivity index (χ2v) is 9.96. The number of hydrogen-bond acceptors (Lipinski definition) is 8. The molecule has 1 aliphatic rings. The normalized spacial score (nSPS) is 18.0. The van der Waals surface area contributed by atoms with Gasteiger partial charge in [0, 0.05) is 19.2 Å². The molecule has 1 N–H and O–H groups in total. The first kappa shape index (κ1) is 23.6. The zero-order chi connectivity index (χ0) is 24.4. The fourth-order valence-electron chi connectivity index (χ4n) is 4.38. The molecule has 0 radical (unpaired) electrons. The molecule has 0 saturated carbocycles. The van der Waals surface area contributed by atoms with Crippen LogP contribution in [0.5, 0.6) is 0 Å². The number of ether oxygens (including phenoxy) is 1. The van der Waals surface area contributed by atoms with Crippen molar-refractivity contribution in [3.63, 3.8) is 0 Å². The third kappa shape index (κ3) is 5.33. The van der Waals surface area contributed by atoms with Crippen molar-refractivity contribution in [2.45, 2.75) is 27.2 Å². The van der Waals surface area contributed by atoms with Gasteiger partial charge in [-0.05, 0) is 55.0 Å². The van der Waals surface area contributed by atoms with Crippen LogP contribution in [-0.2, 0) is 9.53 Å². The largest absolute Gasteiger partial charge is 0.452 e. The molecule has 10 heteroatoms. The van der Waals surface area contributed by atoms with E-state index in [0.29, 0.717) is 22.7 Å². The molecule has 2 aromatic carbocycles.